The molecular weight excluding hydrogens is 310 g/mol. The van der Waals surface area contributed by atoms with Gasteiger partial charge in [-0.3, -0.25) is 14.5 Å². The van der Waals surface area contributed by atoms with E-state index in [1.165, 1.54) is 0 Å². The van der Waals surface area contributed by atoms with Crippen LogP contribution in [0.15, 0.2) is 30.3 Å². The summed E-state index contributed by atoms with van der Waals surface area (Å²) in [5.74, 6) is -0.552. The Balaban J connectivity index is 1.61. The van der Waals surface area contributed by atoms with E-state index in [1.54, 1.807) is 0 Å². The summed E-state index contributed by atoms with van der Waals surface area (Å²) in [5.41, 5.74) is 1.10. The number of aliphatic hydroxyl groups excluding tert-OH is 1. The Kier molecular flexibility index (Phi) is 4.80. The van der Waals surface area contributed by atoms with E-state index in [9.17, 15) is 19.5 Å². The molecule has 24 heavy (non-hydrogen) atoms. The zero-order valence-electron chi connectivity index (χ0n) is 13.3. The van der Waals surface area contributed by atoms with Crippen LogP contribution in [0.3, 0.4) is 0 Å². The van der Waals surface area contributed by atoms with Gasteiger partial charge in [-0.25, -0.2) is 4.79 Å². The molecule has 1 saturated heterocycles. The number of urea groups is 1. The van der Waals surface area contributed by atoms with Gasteiger partial charge >= 0.3 is 6.03 Å². The van der Waals surface area contributed by atoms with Gasteiger partial charge in [0.1, 0.15) is 6.54 Å². The highest BCUT2D eigenvalue weighted by Gasteiger charge is 2.36. The van der Waals surface area contributed by atoms with Gasteiger partial charge in [-0.15, -0.1) is 0 Å². The molecule has 7 nitrogen and oxygen atoms in total. The molecule has 4 amide bonds. The smallest absolute Gasteiger partial charge is 0.325 e. The lowest BCUT2D eigenvalue weighted by Gasteiger charge is -2.38. The van der Waals surface area contributed by atoms with Gasteiger partial charge in [-0.1, -0.05) is 30.3 Å². The molecule has 0 radical (unpaired) electrons. The second-order valence-electron chi connectivity index (χ2n) is 6.39. The van der Waals surface area contributed by atoms with E-state index in [4.69, 9.17) is 0 Å². The van der Waals surface area contributed by atoms with Crippen molar-refractivity contribution in [2.75, 3.05) is 13.1 Å². The molecule has 3 N–H and O–H groups in total. The van der Waals surface area contributed by atoms with E-state index < -0.39 is 11.9 Å². The van der Waals surface area contributed by atoms with E-state index in [0.29, 0.717) is 19.3 Å². The Hall–Kier alpha value is -2.41. The third-order valence-electron chi connectivity index (χ3n) is 4.60. The van der Waals surface area contributed by atoms with E-state index in [0.717, 1.165) is 10.5 Å². The standard InChI is InChI=1S/C17H21N3O4/c21-13-7-12(8-13)14(6-11-4-2-1-3-5-11)19-15(22)10-20-16(23)9-18-17(20)24/h1-5,12-14,21H,6-10H2,(H,18,24)(H,19,22)/t12?,13?,14-/m0/s1. The normalized spacial score (nSPS) is 24.3. The Bertz CT molecular complexity index is 612. The van der Waals surface area contributed by atoms with Gasteiger partial charge in [0.15, 0.2) is 0 Å². The first kappa shape index (κ1) is 16.4. The molecule has 0 bridgehead atoms. The van der Waals surface area contributed by atoms with Crippen molar-refractivity contribution in [1.82, 2.24) is 15.5 Å². The monoisotopic (exact) mass is 331 g/mol. The molecule has 1 heterocycles. The van der Waals surface area contributed by atoms with Gasteiger partial charge in [0.05, 0.1) is 12.6 Å². The van der Waals surface area contributed by atoms with Gasteiger partial charge in [0.2, 0.25) is 5.91 Å². The first-order valence-electron chi connectivity index (χ1n) is 8.12. The third kappa shape index (κ3) is 3.73. The summed E-state index contributed by atoms with van der Waals surface area (Å²) in [7, 11) is 0. The van der Waals surface area contributed by atoms with Crippen LogP contribution in [-0.4, -0.2) is 53.1 Å². The van der Waals surface area contributed by atoms with Gasteiger partial charge in [0.25, 0.3) is 5.91 Å². The first-order chi connectivity index (χ1) is 11.5. The number of hydrogen-bond donors (Lipinski definition) is 3. The number of hydrogen-bond acceptors (Lipinski definition) is 4. The van der Waals surface area contributed by atoms with Crippen LogP contribution in [0.4, 0.5) is 4.79 Å². The SMILES string of the molecule is O=C(CN1C(=O)CNC1=O)N[C@@H](Cc1ccccc1)C1CC(O)C1. The van der Waals surface area contributed by atoms with Crippen molar-refractivity contribution >= 4 is 17.8 Å². The molecule has 1 aromatic carbocycles. The molecular formula is C17H21N3O4. The maximum absolute atomic E-state index is 12.3. The number of nitrogens with zero attached hydrogens (tertiary/aromatic N) is 1. The second-order valence-corrected chi connectivity index (χ2v) is 6.39. The average molecular weight is 331 g/mol. The summed E-state index contributed by atoms with van der Waals surface area (Å²) < 4.78 is 0. The van der Waals surface area contributed by atoms with Crippen LogP contribution >= 0.6 is 0 Å². The van der Waals surface area contributed by atoms with Gasteiger partial charge in [-0.2, -0.15) is 0 Å². The summed E-state index contributed by atoms with van der Waals surface area (Å²) in [6.45, 7) is -0.334. The highest BCUT2D eigenvalue weighted by atomic mass is 16.3. The van der Waals surface area contributed by atoms with E-state index >= 15 is 0 Å². The summed E-state index contributed by atoms with van der Waals surface area (Å²) in [6.07, 6.45) is 1.66. The lowest BCUT2D eigenvalue weighted by Crippen LogP contribution is -2.51. The van der Waals surface area contributed by atoms with Crippen LogP contribution in [0.2, 0.25) is 0 Å². The van der Waals surface area contributed by atoms with Crippen LogP contribution in [-0.2, 0) is 16.0 Å². The van der Waals surface area contributed by atoms with Crippen molar-refractivity contribution < 1.29 is 19.5 Å². The van der Waals surface area contributed by atoms with Crippen LogP contribution < -0.4 is 10.6 Å². The minimum Gasteiger partial charge on any atom is -0.393 e. The average Bonchev–Trinajstić information content (AvgIpc) is 2.84. The highest BCUT2D eigenvalue weighted by Crippen LogP contribution is 2.31. The number of aliphatic hydroxyl groups is 1. The fourth-order valence-corrected chi connectivity index (χ4v) is 3.17. The number of carbonyl (C=O) groups excluding carboxylic acids is 3. The van der Waals surface area contributed by atoms with Crippen molar-refractivity contribution in [3.8, 4) is 0 Å². The first-order valence-corrected chi connectivity index (χ1v) is 8.12. The molecule has 2 fully saturated rings. The zero-order valence-corrected chi connectivity index (χ0v) is 13.3. The van der Waals surface area contributed by atoms with Gasteiger partial charge in [0, 0.05) is 6.04 Å². The molecule has 3 rings (SSSR count). The molecule has 0 spiro atoms. The Morgan fingerprint density at radius 2 is 2.00 bits per heavy atom. The van der Waals surface area contributed by atoms with Crippen LogP contribution in [0.25, 0.3) is 0 Å². The second kappa shape index (κ2) is 7.00. The van der Waals surface area contributed by atoms with Crippen molar-refractivity contribution in [3.63, 3.8) is 0 Å². The number of rotatable bonds is 6. The lowest BCUT2D eigenvalue weighted by atomic mass is 9.75. The van der Waals surface area contributed by atoms with Crippen molar-refractivity contribution in [2.45, 2.75) is 31.4 Å². The maximum atomic E-state index is 12.3. The van der Waals surface area contributed by atoms with Crippen LogP contribution in [0.1, 0.15) is 18.4 Å². The quantitative estimate of drug-likeness (QED) is 0.641. The van der Waals surface area contributed by atoms with Gasteiger partial charge < -0.3 is 15.7 Å². The molecule has 1 atom stereocenters. The fourth-order valence-electron chi connectivity index (χ4n) is 3.17. The summed E-state index contributed by atoms with van der Waals surface area (Å²) >= 11 is 0. The Labute approximate surface area is 140 Å². The largest absolute Gasteiger partial charge is 0.393 e. The zero-order chi connectivity index (χ0) is 17.1. The molecule has 0 aromatic heterocycles. The topological polar surface area (TPSA) is 98.7 Å². The molecule has 1 aromatic rings. The molecule has 1 aliphatic heterocycles. The Morgan fingerprint density at radius 1 is 1.29 bits per heavy atom. The number of benzene rings is 1. The fraction of sp³-hybridized carbons (Fsp3) is 0.471. The van der Waals surface area contributed by atoms with Crippen LogP contribution in [0, 0.1) is 5.92 Å². The highest BCUT2D eigenvalue weighted by molar-refractivity contribution is 6.04. The van der Waals surface area contributed by atoms with Crippen molar-refractivity contribution in [1.29, 1.82) is 0 Å². The molecule has 1 aliphatic carbocycles. The number of amides is 4. The third-order valence-corrected chi connectivity index (χ3v) is 4.60. The summed E-state index contributed by atoms with van der Waals surface area (Å²) in [6, 6.07) is 9.14. The van der Waals surface area contributed by atoms with Gasteiger partial charge in [-0.05, 0) is 30.7 Å². The van der Waals surface area contributed by atoms with Crippen molar-refractivity contribution in [3.05, 3.63) is 35.9 Å². The van der Waals surface area contributed by atoms with E-state index in [1.807, 2.05) is 30.3 Å². The van der Waals surface area contributed by atoms with E-state index in [2.05, 4.69) is 10.6 Å². The van der Waals surface area contributed by atoms with Crippen LogP contribution in [0.5, 0.6) is 0 Å². The molecule has 2 aliphatic rings. The minimum atomic E-state index is -0.533. The lowest BCUT2D eigenvalue weighted by molar-refractivity contribution is -0.131. The number of imide groups is 1. The summed E-state index contributed by atoms with van der Waals surface area (Å²) in [5, 5.41) is 14.9. The predicted octanol–water partition coefficient (Wildman–Crippen LogP) is 0.0366. The maximum Gasteiger partial charge on any atom is 0.325 e. The number of nitrogens with one attached hydrogen (secondary N) is 2. The van der Waals surface area contributed by atoms with E-state index in [-0.39, 0.29) is 37.1 Å². The minimum absolute atomic E-state index is 0.0611. The predicted molar refractivity (Wildman–Crippen MR) is 85.9 cm³/mol. The molecule has 7 heteroatoms. The molecule has 0 unspecified atom stereocenters. The van der Waals surface area contributed by atoms with Crippen molar-refractivity contribution in [2.24, 2.45) is 5.92 Å². The summed E-state index contributed by atoms with van der Waals surface area (Å²) in [4.78, 5) is 36.3. The number of carbonyl (C=O) groups is 3. The Morgan fingerprint density at radius 3 is 2.58 bits per heavy atom. The molecule has 1 saturated carbocycles. The molecule has 128 valence electrons.